The highest BCUT2D eigenvalue weighted by Gasteiger charge is 2.07. The summed E-state index contributed by atoms with van der Waals surface area (Å²) in [5, 5.41) is 6.37. The summed E-state index contributed by atoms with van der Waals surface area (Å²) in [5.74, 6) is 1.74. The van der Waals surface area contributed by atoms with Gasteiger partial charge >= 0.3 is 0 Å². The normalized spacial score (nSPS) is 10.2. The first-order chi connectivity index (χ1) is 9.69. The molecule has 0 fully saturated rings. The van der Waals surface area contributed by atoms with E-state index in [-0.39, 0.29) is 0 Å². The summed E-state index contributed by atoms with van der Waals surface area (Å²) in [6.45, 7) is 2.94. The van der Waals surface area contributed by atoms with Crippen LogP contribution in [-0.4, -0.2) is 35.6 Å². The van der Waals surface area contributed by atoms with E-state index in [0.29, 0.717) is 17.8 Å². The van der Waals surface area contributed by atoms with E-state index < -0.39 is 0 Å². The predicted octanol–water partition coefficient (Wildman–Crippen LogP) is 2.50. The van der Waals surface area contributed by atoms with Crippen LogP contribution in [0.4, 0.5) is 23.5 Å². The first-order valence-electron chi connectivity index (χ1n) is 6.68. The quantitative estimate of drug-likeness (QED) is 0.842. The predicted molar refractivity (Wildman–Crippen MR) is 82.7 cm³/mol. The molecular formula is C14H20N6. The summed E-state index contributed by atoms with van der Waals surface area (Å²) in [6, 6.07) is 9.84. The lowest BCUT2D eigenvalue weighted by Crippen LogP contribution is -2.16. The van der Waals surface area contributed by atoms with Gasteiger partial charge in [-0.05, 0) is 18.6 Å². The van der Waals surface area contributed by atoms with E-state index >= 15 is 0 Å². The number of hydrogen-bond acceptors (Lipinski definition) is 6. The van der Waals surface area contributed by atoms with E-state index in [1.807, 2.05) is 49.3 Å². The maximum absolute atomic E-state index is 4.39. The summed E-state index contributed by atoms with van der Waals surface area (Å²) < 4.78 is 0. The van der Waals surface area contributed by atoms with Crippen molar-refractivity contribution in [2.24, 2.45) is 0 Å². The first-order valence-corrected chi connectivity index (χ1v) is 6.68. The smallest absolute Gasteiger partial charge is 0.233 e. The lowest BCUT2D eigenvalue weighted by atomic mass is 10.3. The van der Waals surface area contributed by atoms with Crippen molar-refractivity contribution < 1.29 is 0 Å². The average molecular weight is 272 g/mol. The van der Waals surface area contributed by atoms with E-state index in [0.717, 1.165) is 18.7 Å². The van der Waals surface area contributed by atoms with Crippen LogP contribution in [0.5, 0.6) is 0 Å². The minimum absolute atomic E-state index is 0.536. The Morgan fingerprint density at radius 2 is 1.70 bits per heavy atom. The molecule has 0 atom stereocenters. The molecule has 0 aliphatic heterocycles. The van der Waals surface area contributed by atoms with Crippen molar-refractivity contribution in [2.75, 3.05) is 36.2 Å². The Hall–Kier alpha value is -2.37. The van der Waals surface area contributed by atoms with Crippen LogP contribution >= 0.6 is 0 Å². The van der Waals surface area contributed by atoms with Gasteiger partial charge in [-0.2, -0.15) is 15.0 Å². The molecule has 0 saturated heterocycles. The SMILES string of the molecule is CCCNc1nc(Nc2ccccc2)nc(N(C)C)n1. The van der Waals surface area contributed by atoms with Gasteiger partial charge in [0, 0.05) is 26.3 Å². The van der Waals surface area contributed by atoms with Crippen LogP contribution < -0.4 is 15.5 Å². The number of rotatable bonds is 6. The third kappa shape index (κ3) is 3.81. The molecule has 1 heterocycles. The molecule has 0 radical (unpaired) electrons. The van der Waals surface area contributed by atoms with Crippen molar-refractivity contribution in [3.05, 3.63) is 30.3 Å². The fraction of sp³-hybridized carbons (Fsp3) is 0.357. The minimum Gasteiger partial charge on any atom is -0.354 e. The van der Waals surface area contributed by atoms with Crippen LogP contribution in [0.25, 0.3) is 0 Å². The number of benzene rings is 1. The molecule has 6 heteroatoms. The number of para-hydroxylation sites is 1. The second-order valence-electron chi connectivity index (χ2n) is 4.59. The van der Waals surface area contributed by atoms with Gasteiger partial charge in [0.2, 0.25) is 17.8 Å². The Bertz CT molecular complexity index is 541. The average Bonchev–Trinajstić information content (AvgIpc) is 2.46. The molecule has 2 aromatic rings. The van der Waals surface area contributed by atoms with E-state index in [2.05, 4.69) is 32.5 Å². The third-order valence-electron chi connectivity index (χ3n) is 2.59. The summed E-state index contributed by atoms with van der Waals surface area (Å²) in [4.78, 5) is 15.0. The monoisotopic (exact) mass is 272 g/mol. The van der Waals surface area contributed by atoms with Gasteiger partial charge in [0.15, 0.2) is 0 Å². The second kappa shape index (κ2) is 6.70. The summed E-state index contributed by atoms with van der Waals surface area (Å²) in [6.07, 6.45) is 1.02. The molecule has 0 bridgehead atoms. The van der Waals surface area contributed by atoms with Gasteiger partial charge in [-0.25, -0.2) is 0 Å². The Morgan fingerprint density at radius 1 is 1.00 bits per heavy atom. The van der Waals surface area contributed by atoms with Crippen LogP contribution in [0.2, 0.25) is 0 Å². The fourth-order valence-electron chi connectivity index (χ4n) is 1.59. The van der Waals surface area contributed by atoms with Crippen molar-refractivity contribution in [2.45, 2.75) is 13.3 Å². The molecule has 0 aliphatic carbocycles. The Labute approximate surface area is 119 Å². The first kappa shape index (κ1) is 14.0. The second-order valence-corrected chi connectivity index (χ2v) is 4.59. The van der Waals surface area contributed by atoms with Gasteiger partial charge in [-0.15, -0.1) is 0 Å². The zero-order valence-corrected chi connectivity index (χ0v) is 12.1. The van der Waals surface area contributed by atoms with Gasteiger partial charge in [-0.1, -0.05) is 25.1 Å². The fourth-order valence-corrected chi connectivity index (χ4v) is 1.59. The maximum atomic E-state index is 4.39. The van der Waals surface area contributed by atoms with Crippen LogP contribution in [-0.2, 0) is 0 Å². The van der Waals surface area contributed by atoms with Crippen molar-refractivity contribution in [1.29, 1.82) is 0 Å². The molecule has 2 rings (SSSR count). The molecule has 0 amide bonds. The molecule has 0 saturated carbocycles. The maximum Gasteiger partial charge on any atom is 0.233 e. The molecule has 0 aliphatic rings. The molecule has 2 N–H and O–H groups in total. The van der Waals surface area contributed by atoms with E-state index in [1.165, 1.54) is 0 Å². The topological polar surface area (TPSA) is 66.0 Å². The van der Waals surface area contributed by atoms with Crippen LogP contribution in [0.1, 0.15) is 13.3 Å². The van der Waals surface area contributed by atoms with Gasteiger partial charge in [0.1, 0.15) is 0 Å². The third-order valence-corrected chi connectivity index (χ3v) is 2.59. The molecule has 1 aromatic heterocycles. The lowest BCUT2D eigenvalue weighted by molar-refractivity contribution is 0.919. The molecule has 0 unspecified atom stereocenters. The molecule has 6 nitrogen and oxygen atoms in total. The number of aromatic nitrogens is 3. The highest BCUT2D eigenvalue weighted by Crippen LogP contribution is 2.16. The summed E-state index contributed by atoms with van der Waals surface area (Å²) in [7, 11) is 3.82. The zero-order chi connectivity index (χ0) is 14.4. The highest BCUT2D eigenvalue weighted by molar-refractivity contribution is 5.55. The van der Waals surface area contributed by atoms with E-state index in [9.17, 15) is 0 Å². The Balaban J connectivity index is 2.24. The summed E-state index contributed by atoms with van der Waals surface area (Å²) >= 11 is 0. The number of hydrogen-bond donors (Lipinski definition) is 2. The van der Waals surface area contributed by atoms with Crippen molar-refractivity contribution in [3.63, 3.8) is 0 Å². The van der Waals surface area contributed by atoms with Crippen LogP contribution in [0, 0.1) is 0 Å². The number of anilines is 4. The van der Waals surface area contributed by atoms with Crippen LogP contribution in [0.3, 0.4) is 0 Å². The lowest BCUT2D eigenvalue weighted by Gasteiger charge is -2.14. The largest absolute Gasteiger partial charge is 0.354 e. The van der Waals surface area contributed by atoms with Gasteiger partial charge < -0.3 is 15.5 Å². The van der Waals surface area contributed by atoms with Gasteiger partial charge in [-0.3, -0.25) is 0 Å². The molecule has 0 spiro atoms. The minimum atomic E-state index is 0.536. The number of nitrogens with zero attached hydrogens (tertiary/aromatic N) is 4. The molecule has 106 valence electrons. The Kier molecular flexibility index (Phi) is 4.70. The van der Waals surface area contributed by atoms with Gasteiger partial charge in [0.25, 0.3) is 0 Å². The summed E-state index contributed by atoms with van der Waals surface area (Å²) in [5.41, 5.74) is 0.949. The van der Waals surface area contributed by atoms with Crippen molar-refractivity contribution >= 4 is 23.5 Å². The molecule has 20 heavy (non-hydrogen) atoms. The van der Waals surface area contributed by atoms with Gasteiger partial charge in [0.05, 0.1) is 0 Å². The van der Waals surface area contributed by atoms with Crippen LogP contribution in [0.15, 0.2) is 30.3 Å². The zero-order valence-electron chi connectivity index (χ0n) is 12.1. The van der Waals surface area contributed by atoms with Crippen molar-refractivity contribution in [1.82, 2.24) is 15.0 Å². The number of nitrogens with one attached hydrogen (secondary N) is 2. The van der Waals surface area contributed by atoms with E-state index in [1.54, 1.807) is 0 Å². The standard InChI is InChI=1S/C14H20N6/c1-4-10-15-12-17-13(19-14(18-12)20(2)3)16-11-8-6-5-7-9-11/h5-9H,4,10H2,1-3H3,(H2,15,16,17,18,19). The van der Waals surface area contributed by atoms with Crippen molar-refractivity contribution in [3.8, 4) is 0 Å². The van der Waals surface area contributed by atoms with E-state index in [4.69, 9.17) is 0 Å². The molecule has 1 aromatic carbocycles. The highest BCUT2D eigenvalue weighted by atomic mass is 15.3. The Morgan fingerprint density at radius 3 is 2.35 bits per heavy atom. The molecular weight excluding hydrogens is 252 g/mol.